The number of hydrogen-bond acceptors (Lipinski definition) is 10. The van der Waals surface area contributed by atoms with E-state index in [1.165, 1.54) is 432 Å². The van der Waals surface area contributed by atoms with Crippen LogP contribution in [0.1, 0.15) is 469 Å². The molecule has 6 aromatic heterocycles. The summed E-state index contributed by atoms with van der Waals surface area (Å²) in [5.41, 5.74) is 26.5. The summed E-state index contributed by atoms with van der Waals surface area (Å²) in [7, 11) is 0. The Labute approximate surface area is 705 Å². The van der Waals surface area contributed by atoms with E-state index in [1.54, 1.807) is 56.4 Å². The lowest BCUT2D eigenvalue weighted by Crippen LogP contribution is -2.27. The smallest absolute Gasteiger partial charge is 0.114 e. The summed E-state index contributed by atoms with van der Waals surface area (Å²) in [4.78, 5) is 6.45. The molecule has 10 heteroatoms. The molecule has 0 fully saturated rings. The van der Waals surface area contributed by atoms with Gasteiger partial charge in [-0.05, 0) is 157 Å². The third-order valence-corrected chi connectivity index (χ3v) is 34.3. The summed E-state index contributed by atoms with van der Waals surface area (Å²) in [6.07, 6.45) is 74.0. The maximum absolute atomic E-state index is 5.69. The number of aromatic nitrogens is 4. The highest BCUT2D eigenvalue weighted by Gasteiger charge is 2.59. The van der Waals surface area contributed by atoms with Crippen LogP contribution in [0.25, 0.3) is 84.7 Å². The van der Waals surface area contributed by atoms with Crippen LogP contribution in [0.4, 0.5) is 0 Å². The topological polar surface area (TPSA) is 51.6 Å². The van der Waals surface area contributed by atoms with Crippen molar-refractivity contribution < 1.29 is 0 Å². The molecule has 0 atom stereocenters. The Kier molecular flexibility index (Phi) is 32.2. The van der Waals surface area contributed by atoms with Crippen molar-refractivity contribution in [3.63, 3.8) is 0 Å². The van der Waals surface area contributed by atoms with Gasteiger partial charge in [0.1, 0.15) is 22.1 Å². The molecule has 4 nitrogen and oxygen atoms in total. The molecule has 0 N–H and O–H groups in total. The SMILES string of the molecule is CCCCCCCCCCC1(CCCCCCCCCC)C2=C(c3sc4cc(C)sc4c31)C(CCCCCCCCCC)(CCCCCCCCCC)c1c2sc2cc(-c3cc4c(c5nsnc35)-c3cc5c(cc3C4(CCCCCC)CCCCCC)-c3c(cc(C)c4nsnc34)C5(CCCCCC)CCCCCC)sc12. The minimum atomic E-state index is -0.161. The van der Waals surface area contributed by atoms with E-state index < -0.39 is 0 Å². The molecular formula is C102H148N4S6. The monoisotopic (exact) mass is 1620 g/mol. The summed E-state index contributed by atoms with van der Waals surface area (Å²) in [6.45, 7) is 23.8. The first-order chi connectivity index (χ1) is 55.1. The van der Waals surface area contributed by atoms with Crippen LogP contribution in [0, 0.1) is 13.8 Å². The molecule has 4 aliphatic carbocycles. The lowest BCUT2D eigenvalue weighted by atomic mass is 9.68. The van der Waals surface area contributed by atoms with Crippen molar-refractivity contribution in [1.82, 2.24) is 17.5 Å². The Balaban J connectivity index is 1.01. The second-order valence-electron chi connectivity index (χ2n) is 36.5. The predicted octanol–water partition coefficient (Wildman–Crippen LogP) is 36.5. The number of fused-ring (bicyclic) bond motifs is 18. The van der Waals surface area contributed by atoms with Crippen molar-refractivity contribution in [2.45, 2.75) is 450 Å². The molecule has 13 rings (SSSR count). The average molecular weight is 1620 g/mol. The fraction of sp³-hybridized carbons (Fsp3) is 0.686. The Morgan fingerprint density at radius 2 is 0.545 bits per heavy atom. The van der Waals surface area contributed by atoms with Gasteiger partial charge in [0.25, 0.3) is 0 Å². The zero-order valence-corrected chi connectivity index (χ0v) is 77.2. The molecule has 0 saturated carbocycles. The normalized spacial score (nSPS) is 15.3. The van der Waals surface area contributed by atoms with Gasteiger partial charge in [0.15, 0.2) is 0 Å². The molecule has 0 bridgehead atoms. The molecule has 0 unspecified atom stereocenters. The van der Waals surface area contributed by atoms with Crippen LogP contribution in [-0.4, -0.2) is 17.5 Å². The first-order valence-electron chi connectivity index (χ1n) is 47.7. The summed E-state index contributed by atoms with van der Waals surface area (Å²) in [5.74, 6) is 0. The van der Waals surface area contributed by atoms with Crippen LogP contribution in [-0.2, 0) is 21.7 Å². The van der Waals surface area contributed by atoms with Crippen molar-refractivity contribution in [3.05, 3.63) is 90.0 Å². The zero-order valence-electron chi connectivity index (χ0n) is 72.3. The molecular weight excluding hydrogens is 1470 g/mol. The lowest BCUT2D eigenvalue weighted by Gasteiger charge is -2.35. The molecule has 0 spiro atoms. The van der Waals surface area contributed by atoms with E-state index in [1.807, 2.05) is 16.7 Å². The van der Waals surface area contributed by atoms with Gasteiger partial charge in [-0.25, -0.2) is 0 Å². The lowest BCUT2D eigenvalue weighted by molar-refractivity contribution is 0.397. The maximum atomic E-state index is 5.69. The van der Waals surface area contributed by atoms with E-state index in [-0.39, 0.29) is 21.7 Å². The van der Waals surface area contributed by atoms with Crippen LogP contribution in [0.2, 0.25) is 0 Å². The molecule has 0 radical (unpaired) electrons. The van der Waals surface area contributed by atoms with Gasteiger partial charge in [0.2, 0.25) is 0 Å². The van der Waals surface area contributed by atoms with Crippen LogP contribution in [0.15, 0.2) is 36.4 Å². The average Bonchev–Trinajstić information content (AvgIpc) is 1.49. The van der Waals surface area contributed by atoms with Gasteiger partial charge in [-0.2, -0.15) is 17.5 Å². The van der Waals surface area contributed by atoms with Crippen LogP contribution >= 0.6 is 68.8 Å². The third kappa shape index (κ3) is 18.0. The molecule has 0 amide bonds. The molecule has 0 aliphatic heterocycles. The number of nitrogens with zero attached hydrogens (tertiary/aromatic N) is 4. The summed E-state index contributed by atoms with van der Waals surface area (Å²) in [5, 5.41) is 0. The first-order valence-corrected chi connectivity index (χ1v) is 52.4. The molecule has 6 heterocycles. The predicted molar refractivity (Wildman–Crippen MR) is 503 cm³/mol. The summed E-state index contributed by atoms with van der Waals surface area (Å²) < 4.78 is 28.2. The van der Waals surface area contributed by atoms with Crippen LogP contribution < -0.4 is 0 Å². The summed E-state index contributed by atoms with van der Waals surface area (Å²) >= 11 is 11.9. The largest absolute Gasteiger partial charge is 0.173 e. The standard InChI is InChI=1S/C102H148N4S6/c1-11-19-27-35-39-43-47-55-63-101(64-56-48-44-40-36-28-20-12-2)88-87(97-89(101)95-83(109-97)68-74(10)107-95)102(65-57-49-45-41-37-29-21-13-3,66-58-50-46-42-38-30-22-14-4)90-96-84(110-98(88)90)72-82(108-96)77-71-81-86(94-92(77)104-112-106-94)76-70-78-75(69-79(76)100(81,61-53-33-25-17-7)62-54-34-26-18-8)85-80(67-73(9)91-93(85)105-111-103-91)99(78,59-51-31-23-15-5)60-52-32-24-16-6/h67-72H,11-66H2,1-10H3. The molecule has 9 aromatic rings. The fourth-order valence-corrected chi connectivity index (χ4v) is 29.6. The van der Waals surface area contributed by atoms with Gasteiger partial charge < -0.3 is 0 Å². The van der Waals surface area contributed by atoms with Crippen molar-refractivity contribution in [1.29, 1.82) is 0 Å². The number of thiophene rings is 4. The number of allylic oxidation sites excluding steroid dienone is 2. The van der Waals surface area contributed by atoms with Crippen molar-refractivity contribution >= 4 is 121 Å². The molecule has 612 valence electrons. The van der Waals surface area contributed by atoms with Gasteiger partial charge >= 0.3 is 0 Å². The minimum Gasteiger partial charge on any atom is -0.173 e. The first kappa shape index (κ1) is 86.2. The highest BCUT2D eigenvalue weighted by molar-refractivity contribution is 7.31. The van der Waals surface area contributed by atoms with E-state index in [0.29, 0.717) is 0 Å². The highest BCUT2D eigenvalue weighted by atomic mass is 32.1. The van der Waals surface area contributed by atoms with E-state index in [4.69, 9.17) is 17.5 Å². The molecule has 0 saturated heterocycles. The van der Waals surface area contributed by atoms with E-state index in [2.05, 4.69) is 151 Å². The van der Waals surface area contributed by atoms with E-state index in [0.717, 1.165) is 16.6 Å². The molecule has 112 heavy (non-hydrogen) atoms. The number of unbranched alkanes of at least 4 members (excludes halogenated alkanes) is 40. The number of rotatable bonds is 57. The van der Waals surface area contributed by atoms with E-state index >= 15 is 0 Å². The number of hydrogen-bond donors (Lipinski definition) is 0. The number of aryl methyl sites for hydroxylation is 2. The van der Waals surface area contributed by atoms with Gasteiger partial charge in [-0.3, -0.25) is 0 Å². The van der Waals surface area contributed by atoms with Gasteiger partial charge in [0, 0.05) is 67.3 Å². The maximum Gasteiger partial charge on any atom is 0.114 e. The van der Waals surface area contributed by atoms with Crippen LogP contribution in [0.5, 0.6) is 0 Å². The minimum absolute atomic E-state index is 0.0190. The summed E-state index contributed by atoms with van der Waals surface area (Å²) in [6, 6.07) is 16.5. The van der Waals surface area contributed by atoms with Gasteiger partial charge in [-0.15, -0.1) is 45.3 Å². The molecule has 4 aliphatic rings. The van der Waals surface area contributed by atoms with Gasteiger partial charge in [0.05, 0.1) is 32.9 Å². The third-order valence-electron chi connectivity index (χ3n) is 28.4. The second-order valence-corrected chi connectivity index (χ2v) is 42.0. The zero-order chi connectivity index (χ0) is 77.9. The van der Waals surface area contributed by atoms with E-state index in [9.17, 15) is 0 Å². The van der Waals surface area contributed by atoms with Crippen molar-refractivity contribution in [2.24, 2.45) is 0 Å². The quantitative estimate of drug-likeness (QED) is 0.0357. The fourth-order valence-electron chi connectivity index (χ4n) is 22.5. The Bertz CT molecular complexity index is 4410. The Morgan fingerprint density at radius 3 is 0.920 bits per heavy atom. The van der Waals surface area contributed by atoms with Gasteiger partial charge in [-0.1, -0.05) is 370 Å². The second kappa shape index (κ2) is 41.8. The Morgan fingerprint density at radius 1 is 0.259 bits per heavy atom. The van der Waals surface area contributed by atoms with Crippen molar-refractivity contribution in [2.75, 3.05) is 0 Å². The van der Waals surface area contributed by atoms with Crippen LogP contribution in [0.3, 0.4) is 0 Å². The highest BCUT2D eigenvalue weighted by Crippen LogP contribution is 2.74. The Hall–Kier alpha value is -3.64. The van der Waals surface area contributed by atoms with Crippen molar-refractivity contribution in [3.8, 4) is 32.7 Å². The molecule has 3 aromatic carbocycles. The number of benzene rings is 3.